The lowest BCUT2D eigenvalue weighted by molar-refractivity contribution is 0.566. The van der Waals surface area contributed by atoms with Crippen molar-refractivity contribution in [2.75, 3.05) is 0 Å². The van der Waals surface area contributed by atoms with Gasteiger partial charge in [0.05, 0.1) is 6.33 Å². The van der Waals surface area contributed by atoms with Crippen molar-refractivity contribution < 1.29 is 0 Å². The van der Waals surface area contributed by atoms with Gasteiger partial charge in [-0.05, 0) is 24.5 Å². The maximum Gasteiger partial charge on any atom is 0.158 e. The van der Waals surface area contributed by atoms with Gasteiger partial charge in [-0.25, -0.2) is 9.97 Å². The number of aryl methyl sites for hydroxylation is 3. The van der Waals surface area contributed by atoms with E-state index in [2.05, 4.69) is 37.1 Å². The van der Waals surface area contributed by atoms with Gasteiger partial charge in [-0.3, -0.25) is 4.98 Å². The molecule has 3 rings (SSSR count). The van der Waals surface area contributed by atoms with E-state index in [4.69, 9.17) is 0 Å². The van der Waals surface area contributed by atoms with Crippen LogP contribution in [0.2, 0.25) is 0 Å². The van der Waals surface area contributed by atoms with E-state index >= 15 is 0 Å². The summed E-state index contributed by atoms with van der Waals surface area (Å²) in [5.41, 5.74) is 2.18. The minimum Gasteiger partial charge on any atom is -0.337 e. The summed E-state index contributed by atoms with van der Waals surface area (Å²) in [6.45, 7) is 4.01. The van der Waals surface area contributed by atoms with Crippen molar-refractivity contribution in [2.24, 2.45) is 0 Å². The van der Waals surface area contributed by atoms with Crippen LogP contribution in [0, 0.1) is 0 Å². The van der Waals surface area contributed by atoms with Gasteiger partial charge in [0, 0.05) is 44.1 Å². The van der Waals surface area contributed by atoms with Crippen LogP contribution in [-0.2, 0) is 19.5 Å². The summed E-state index contributed by atoms with van der Waals surface area (Å²) in [7, 11) is 0. The lowest BCUT2D eigenvalue weighted by atomic mass is 10.2. The molecule has 0 amide bonds. The van der Waals surface area contributed by atoms with Gasteiger partial charge in [0.25, 0.3) is 0 Å². The van der Waals surface area contributed by atoms with Crippen molar-refractivity contribution in [3.05, 3.63) is 55.0 Å². The number of hydrogen-bond acceptors (Lipinski definition) is 3. The first kappa shape index (κ1) is 13.5. The smallest absolute Gasteiger partial charge is 0.158 e. The van der Waals surface area contributed by atoms with Crippen LogP contribution in [0.4, 0.5) is 0 Å². The van der Waals surface area contributed by atoms with Crippen LogP contribution < -0.4 is 0 Å². The molecule has 0 aromatic carbocycles. The molecular formula is C16H19N5. The van der Waals surface area contributed by atoms with E-state index in [1.807, 2.05) is 43.4 Å². The predicted octanol–water partition coefficient (Wildman–Crippen LogP) is 2.79. The summed E-state index contributed by atoms with van der Waals surface area (Å²) >= 11 is 0. The molecular weight excluding hydrogens is 262 g/mol. The Morgan fingerprint density at radius 2 is 2.00 bits per heavy atom. The molecule has 5 heteroatoms. The maximum atomic E-state index is 4.51. The van der Waals surface area contributed by atoms with Crippen LogP contribution >= 0.6 is 0 Å². The zero-order chi connectivity index (χ0) is 14.5. The van der Waals surface area contributed by atoms with E-state index in [0.29, 0.717) is 0 Å². The first-order chi connectivity index (χ1) is 10.4. The summed E-state index contributed by atoms with van der Waals surface area (Å²) in [6.07, 6.45) is 13.5. The summed E-state index contributed by atoms with van der Waals surface area (Å²) < 4.78 is 4.25. The summed E-state index contributed by atoms with van der Waals surface area (Å²) in [4.78, 5) is 13.0. The zero-order valence-electron chi connectivity index (χ0n) is 12.2. The first-order valence-electron chi connectivity index (χ1n) is 7.29. The molecule has 108 valence electrons. The van der Waals surface area contributed by atoms with Gasteiger partial charge >= 0.3 is 0 Å². The molecule has 0 saturated heterocycles. The number of aromatic nitrogens is 5. The Bertz CT molecular complexity index is 667. The normalized spacial score (nSPS) is 10.9. The van der Waals surface area contributed by atoms with Gasteiger partial charge in [-0.1, -0.05) is 13.0 Å². The Morgan fingerprint density at radius 3 is 2.71 bits per heavy atom. The zero-order valence-corrected chi connectivity index (χ0v) is 12.2. The average Bonchev–Trinajstić information content (AvgIpc) is 3.19. The van der Waals surface area contributed by atoms with Crippen LogP contribution in [0.15, 0.2) is 49.4 Å². The Kier molecular flexibility index (Phi) is 4.09. The lowest BCUT2D eigenvalue weighted by Gasteiger charge is -2.08. The van der Waals surface area contributed by atoms with Gasteiger partial charge in [-0.15, -0.1) is 0 Å². The fourth-order valence-corrected chi connectivity index (χ4v) is 2.33. The SMILES string of the molecule is CCc1ccc(-c2nccn2CCCn2ccnc2)nc1. The largest absolute Gasteiger partial charge is 0.337 e. The van der Waals surface area contributed by atoms with Crippen molar-refractivity contribution in [3.8, 4) is 11.5 Å². The van der Waals surface area contributed by atoms with E-state index in [9.17, 15) is 0 Å². The number of pyridine rings is 1. The lowest BCUT2D eigenvalue weighted by Crippen LogP contribution is -2.04. The third kappa shape index (κ3) is 3.18. The van der Waals surface area contributed by atoms with Crippen molar-refractivity contribution in [1.82, 2.24) is 24.1 Å². The van der Waals surface area contributed by atoms with Gasteiger partial charge in [0.15, 0.2) is 5.82 Å². The molecule has 3 aromatic rings. The van der Waals surface area contributed by atoms with E-state index in [1.54, 1.807) is 0 Å². The molecule has 21 heavy (non-hydrogen) atoms. The Hall–Kier alpha value is -2.43. The van der Waals surface area contributed by atoms with Crippen molar-refractivity contribution >= 4 is 0 Å². The second-order valence-electron chi connectivity index (χ2n) is 5.00. The van der Waals surface area contributed by atoms with Gasteiger partial charge in [0.1, 0.15) is 5.69 Å². The Balaban J connectivity index is 1.68. The molecule has 0 spiro atoms. The van der Waals surface area contributed by atoms with Crippen molar-refractivity contribution in [2.45, 2.75) is 32.9 Å². The topological polar surface area (TPSA) is 48.5 Å². The van der Waals surface area contributed by atoms with E-state index in [0.717, 1.165) is 37.4 Å². The van der Waals surface area contributed by atoms with Gasteiger partial charge in [-0.2, -0.15) is 0 Å². The molecule has 0 N–H and O–H groups in total. The monoisotopic (exact) mass is 281 g/mol. The highest BCUT2D eigenvalue weighted by Gasteiger charge is 2.07. The highest BCUT2D eigenvalue weighted by Crippen LogP contribution is 2.16. The molecule has 0 bridgehead atoms. The first-order valence-corrected chi connectivity index (χ1v) is 7.29. The van der Waals surface area contributed by atoms with Crippen molar-refractivity contribution in [1.29, 1.82) is 0 Å². The third-order valence-electron chi connectivity index (χ3n) is 3.55. The highest BCUT2D eigenvalue weighted by atomic mass is 15.1. The molecule has 3 heterocycles. The minimum absolute atomic E-state index is 0.921. The van der Waals surface area contributed by atoms with E-state index in [-0.39, 0.29) is 0 Å². The molecule has 3 aromatic heterocycles. The number of hydrogen-bond donors (Lipinski definition) is 0. The molecule has 5 nitrogen and oxygen atoms in total. The summed E-state index contributed by atoms with van der Waals surface area (Å²) in [5.74, 6) is 0.934. The van der Waals surface area contributed by atoms with Gasteiger partial charge < -0.3 is 9.13 Å². The molecule has 0 aliphatic heterocycles. The van der Waals surface area contributed by atoms with Crippen LogP contribution in [0.1, 0.15) is 18.9 Å². The molecule has 0 fully saturated rings. The van der Waals surface area contributed by atoms with Gasteiger partial charge in [0.2, 0.25) is 0 Å². The van der Waals surface area contributed by atoms with E-state index < -0.39 is 0 Å². The number of rotatable bonds is 6. The fraction of sp³-hybridized carbons (Fsp3) is 0.312. The molecule has 0 saturated carbocycles. The standard InChI is InChI=1S/C16H19N5/c1-2-14-4-5-15(19-12-14)16-18-7-11-21(16)9-3-8-20-10-6-17-13-20/h4-7,10-13H,2-3,8-9H2,1H3. The van der Waals surface area contributed by atoms with Crippen molar-refractivity contribution in [3.63, 3.8) is 0 Å². The molecule has 0 atom stereocenters. The molecule has 0 radical (unpaired) electrons. The van der Waals surface area contributed by atoms with Crippen LogP contribution in [0.5, 0.6) is 0 Å². The predicted molar refractivity (Wildman–Crippen MR) is 81.7 cm³/mol. The Labute approximate surface area is 124 Å². The highest BCUT2D eigenvalue weighted by molar-refractivity contribution is 5.49. The second-order valence-corrected chi connectivity index (χ2v) is 5.00. The average molecular weight is 281 g/mol. The molecule has 0 aliphatic carbocycles. The minimum atomic E-state index is 0.921. The Morgan fingerprint density at radius 1 is 1.05 bits per heavy atom. The fourth-order valence-electron chi connectivity index (χ4n) is 2.33. The maximum absolute atomic E-state index is 4.51. The van der Waals surface area contributed by atoms with Crippen LogP contribution in [-0.4, -0.2) is 24.1 Å². The number of imidazole rings is 2. The quantitative estimate of drug-likeness (QED) is 0.698. The molecule has 0 aliphatic rings. The van der Waals surface area contributed by atoms with Crippen LogP contribution in [0.3, 0.4) is 0 Å². The number of nitrogens with zero attached hydrogens (tertiary/aromatic N) is 5. The third-order valence-corrected chi connectivity index (χ3v) is 3.55. The summed E-state index contributed by atoms with van der Waals surface area (Å²) in [5, 5.41) is 0. The summed E-state index contributed by atoms with van der Waals surface area (Å²) in [6, 6.07) is 4.17. The van der Waals surface area contributed by atoms with Crippen LogP contribution in [0.25, 0.3) is 11.5 Å². The second kappa shape index (κ2) is 6.35. The molecule has 0 unspecified atom stereocenters. The van der Waals surface area contributed by atoms with E-state index in [1.165, 1.54) is 5.56 Å².